The Balaban J connectivity index is 2.95. The minimum absolute atomic E-state index is 0.00998. The molecular weight excluding hydrogens is 217 g/mol. The molecule has 0 fully saturated rings. The zero-order valence-corrected chi connectivity index (χ0v) is 10.9. The third-order valence-corrected chi connectivity index (χ3v) is 2.93. The van der Waals surface area contributed by atoms with Crippen molar-refractivity contribution in [3.8, 4) is 0 Å². The van der Waals surface area contributed by atoms with Crippen LogP contribution in [0.5, 0.6) is 0 Å². The van der Waals surface area contributed by atoms with Gasteiger partial charge in [-0.3, -0.25) is 4.79 Å². The van der Waals surface area contributed by atoms with Crippen molar-refractivity contribution in [2.45, 2.75) is 26.3 Å². The lowest BCUT2D eigenvalue weighted by Gasteiger charge is -2.25. The third-order valence-electron chi connectivity index (χ3n) is 2.93. The van der Waals surface area contributed by atoms with Crippen molar-refractivity contribution in [2.75, 3.05) is 14.1 Å². The molecule has 0 saturated carbocycles. The van der Waals surface area contributed by atoms with E-state index >= 15 is 0 Å². The highest BCUT2D eigenvalue weighted by atomic mass is 19.1. The van der Waals surface area contributed by atoms with Crippen LogP contribution in [-0.2, 0) is 4.79 Å². The molecule has 2 nitrogen and oxygen atoms in total. The number of rotatable bonds is 5. The Morgan fingerprint density at radius 3 is 2.35 bits per heavy atom. The average Bonchev–Trinajstić information content (AvgIpc) is 2.26. The number of halogens is 1. The molecule has 0 aliphatic rings. The van der Waals surface area contributed by atoms with Gasteiger partial charge in [-0.1, -0.05) is 32.0 Å². The first kappa shape index (κ1) is 13.8. The number of hydrogen-bond acceptors (Lipinski definition) is 2. The summed E-state index contributed by atoms with van der Waals surface area (Å²) in [7, 11) is 3.73. The van der Waals surface area contributed by atoms with Crippen molar-refractivity contribution in [1.29, 1.82) is 0 Å². The first-order valence-electron chi connectivity index (χ1n) is 5.87. The van der Waals surface area contributed by atoms with E-state index in [1.807, 2.05) is 32.8 Å². The maximum Gasteiger partial charge on any atom is 0.137 e. The molecule has 17 heavy (non-hydrogen) atoms. The van der Waals surface area contributed by atoms with Crippen molar-refractivity contribution in [1.82, 2.24) is 4.90 Å². The zero-order chi connectivity index (χ0) is 13.0. The molecule has 0 aliphatic carbocycles. The summed E-state index contributed by atoms with van der Waals surface area (Å²) in [5.41, 5.74) is 0.589. The van der Waals surface area contributed by atoms with Gasteiger partial charge in [0.2, 0.25) is 0 Å². The lowest BCUT2D eigenvalue weighted by Crippen LogP contribution is -2.25. The van der Waals surface area contributed by atoms with E-state index < -0.39 is 0 Å². The van der Waals surface area contributed by atoms with E-state index in [-0.39, 0.29) is 23.6 Å². The monoisotopic (exact) mass is 237 g/mol. The summed E-state index contributed by atoms with van der Waals surface area (Å²) >= 11 is 0. The topological polar surface area (TPSA) is 20.3 Å². The Morgan fingerprint density at radius 1 is 1.29 bits per heavy atom. The Hall–Kier alpha value is -1.22. The van der Waals surface area contributed by atoms with Crippen LogP contribution in [0, 0.1) is 11.7 Å². The molecule has 3 heteroatoms. The van der Waals surface area contributed by atoms with Crippen LogP contribution < -0.4 is 0 Å². The predicted octanol–water partition coefficient (Wildman–Crippen LogP) is 3.04. The van der Waals surface area contributed by atoms with E-state index in [4.69, 9.17) is 0 Å². The van der Waals surface area contributed by atoms with Gasteiger partial charge in [0, 0.05) is 23.9 Å². The number of hydrogen-bond donors (Lipinski definition) is 0. The zero-order valence-electron chi connectivity index (χ0n) is 10.9. The molecule has 0 spiro atoms. The van der Waals surface area contributed by atoms with Crippen LogP contribution in [0.3, 0.4) is 0 Å². The van der Waals surface area contributed by atoms with E-state index in [0.29, 0.717) is 12.0 Å². The van der Waals surface area contributed by atoms with E-state index in [0.717, 1.165) is 0 Å². The molecular formula is C14H20FNO. The number of benzene rings is 1. The van der Waals surface area contributed by atoms with Gasteiger partial charge in [-0.2, -0.15) is 0 Å². The largest absolute Gasteiger partial charge is 0.302 e. The highest BCUT2D eigenvalue weighted by molar-refractivity contribution is 5.81. The quantitative estimate of drug-likeness (QED) is 0.784. The van der Waals surface area contributed by atoms with Gasteiger partial charge < -0.3 is 4.90 Å². The fraction of sp³-hybridized carbons (Fsp3) is 0.500. The molecule has 0 aromatic heterocycles. The van der Waals surface area contributed by atoms with E-state index in [1.54, 1.807) is 18.2 Å². The smallest absolute Gasteiger partial charge is 0.137 e. The SMILES string of the molecule is CC(C)C(=O)C[C@@H](c1ccccc1F)N(C)C. The fourth-order valence-electron chi connectivity index (χ4n) is 1.74. The molecule has 0 amide bonds. The highest BCUT2D eigenvalue weighted by Crippen LogP contribution is 2.25. The Labute approximate surface area is 102 Å². The lowest BCUT2D eigenvalue weighted by atomic mass is 9.95. The Kier molecular flexibility index (Phi) is 4.82. The molecule has 0 saturated heterocycles. The molecule has 1 atom stereocenters. The maximum absolute atomic E-state index is 13.7. The van der Waals surface area contributed by atoms with Crippen LogP contribution in [0.2, 0.25) is 0 Å². The van der Waals surface area contributed by atoms with Crippen LogP contribution in [0.15, 0.2) is 24.3 Å². The number of ketones is 1. The van der Waals surface area contributed by atoms with Crippen LogP contribution in [0.1, 0.15) is 31.9 Å². The summed E-state index contributed by atoms with van der Waals surface area (Å²) in [4.78, 5) is 13.7. The van der Waals surface area contributed by atoms with Crippen LogP contribution in [0.4, 0.5) is 4.39 Å². The normalized spacial score (nSPS) is 13.1. The first-order chi connectivity index (χ1) is 7.93. The summed E-state index contributed by atoms with van der Waals surface area (Å²) in [6, 6.07) is 6.45. The minimum atomic E-state index is -0.247. The summed E-state index contributed by atoms with van der Waals surface area (Å²) in [6.45, 7) is 3.74. The summed E-state index contributed by atoms with van der Waals surface area (Å²) < 4.78 is 13.7. The van der Waals surface area contributed by atoms with E-state index in [9.17, 15) is 9.18 Å². The summed E-state index contributed by atoms with van der Waals surface area (Å²) in [6.07, 6.45) is 0.353. The van der Waals surface area contributed by atoms with Crippen molar-refractivity contribution in [3.63, 3.8) is 0 Å². The van der Waals surface area contributed by atoms with Gasteiger partial charge >= 0.3 is 0 Å². The van der Waals surface area contributed by atoms with Gasteiger partial charge in [0.1, 0.15) is 11.6 Å². The molecule has 0 bridgehead atoms. The highest BCUT2D eigenvalue weighted by Gasteiger charge is 2.22. The molecule has 1 rings (SSSR count). The van der Waals surface area contributed by atoms with Gasteiger partial charge in [-0.25, -0.2) is 4.39 Å². The number of Topliss-reactive ketones (excluding diaryl/α,β-unsaturated/α-hetero) is 1. The van der Waals surface area contributed by atoms with Crippen LogP contribution in [-0.4, -0.2) is 24.8 Å². The molecule has 94 valence electrons. The van der Waals surface area contributed by atoms with E-state index in [1.165, 1.54) is 6.07 Å². The molecule has 0 heterocycles. The van der Waals surface area contributed by atoms with Gasteiger partial charge in [0.05, 0.1) is 0 Å². The molecule has 1 aromatic rings. The number of carbonyl (C=O) groups excluding carboxylic acids is 1. The molecule has 0 aliphatic heterocycles. The third kappa shape index (κ3) is 3.63. The van der Waals surface area contributed by atoms with Crippen molar-refractivity contribution < 1.29 is 9.18 Å². The van der Waals surface area contributed by atoms with Gasteiger partial charge in [0.25, 0.3) is 0 Å². The number of carbonyl (C=O) groups is 1. The van der Waals surface area contributed by atoms with Crippen molar-refractivity contribution in [3.05, 3.63) is 35.6 Å². The second kappa shape index (κ2) is 5.92. The summed E-state index contributed by atoms with van der Waals surface area (Å²) in [5, 5.41) is 0. The lowest BCUT2D eigenvalue weighted by molar-refractivity contribution is -0.123. The number of nitrogens with zero attached hydrogens (tertiary/aromatic N) is 1. The van der Waals surface area contributed by atoms with E-state index in [2.05, 4.69) is 0 Å². The average molecular weight is 237 g/mol. The summed E-state index contributed by atoms with van der Waals surface area (Å²) in [5.74, 6) is -0.0982. The van der Waals surface area contributed by atoms with Crippen LogP contribution >= 0.6 is 0 Å². The van der Waals surface area contributed by atoms with Gasteiger partial charge in [0.15, 0.2) is 0 Å². The maximum atomic E-state index is 13.7. The first-order valence-corrected chi connectivity index (χ1v) is 5.87. The molecule has 0 N–H and O–H groups in total. The second-order valence-corrected chi connectivity index (χ2v) is 4.83. The van der Waals surface area contributed by atoms with Gasteiger partial charge in [-0.05, 0) is 20.2 Å². The second-order valence-electron chi connectivity index (χ2n) is 4.83. The Morgan fingerprint density at radius 2 is 1.88 bits per heavy atom. The minimum Gasteiger partial charge on any atom is -0.302 e. The molecule has 1 aromatic carbocycles. The van der Waals surface area contributed by atoms with Crippen molar-refractivity contribution >= 4 is 5.78 Å². The molecule has 0 unspecified atom stereocenters. The molecule has 0 radical (unpaired) electrons. The predicted molar refractivity (Wildman–Crippen MR) is 67.3 cm³/mol. The van der Waals surface area contributed by atoms with Gasteiger partial charge in [-0.15, -0.1) is 0 Å². The standard InChI is InChI=1S/C14H20FNO/c1-10(2)14(17)9-13(16(3)4)11-7-5-6-8-12(11)15/h5-8,10,13H,9H2,1-4H3/t13-/m0/s1. The van der Waals surface area contributed by atoms with Crippen LogP contribution in [0.25, 0.3) is 0 Å². The Bertz CT molecular complexity index is 388. The fourth-order valence-corrected chi connectivity index (χ4v) is 1.74. The van der Waals surface area contributed by atoms with Crippen molar-refractivity contribution in [2.24, 2.45) is 5.92 Å².